The number of nitrogens with zero attached hydrogens (tertiary/aromatic N) is 4. The van der Waals surface area contributed by atoms with Gasteiger partial charge in [0.15, 0.2) is 0 Å². The molecule has 0 spiro atoms. The maximum atomic E-state index is 6.02. The third kappa shape index (κ3) is 3.74. The number of hydrogen-bond acceptors (Lipinski definition) is 4. The van der Waals surface area contributed by atoms with Crippen LogP contribution in [0.4, 0.5) is 5.82 Å². The van der Waals surface area contributed by atoms with Crippen molar-refractivity contribution in [3.63, 3.8) is 0 Å². The highest BCUT2D eigenvalue weighted by atomic mass is 35.5. The lowest BCUT2D eigenvalue weighted by Gasteiger charge is -2.08. The fourth-order valence-corrected chi connectivity index (χ4v) is 2.76. The Kier molecular flexibility index (Phi) is 4.68. The van der Waals surface area contributed by atoms with Gasteiger partial charge >= 0.3 is 0 Å². The predicted octanol–water partition coefficient (Wildman–Crippen LogP) is 4.25. The molecule has 5 nitrogen and oxygen atoms in total. The normalized spacial score (nSPS) is 11.1. The van der Waals surface area contributed by atoms with Crippen molar-refractivity contribution in [3.05, 3.63) is 45.8 Å². The molecular weight excluding hydrogens is 333 g/mol. The Bertz CT molecular complexity index is 844. The van der Waals surface area contributed by atoms with Crippen LogP contribution in [-0.2, 0) is 6.54 Å². The van der Waals surface area contributed by atoms with E-state index in [9.17, 15) is 0 Å². The highest BCUT2D eigenvalue weighted by molar-refractivity contribution is 6.42. The van der Waals surface area contributed by atoms with Gasteiger partial charge in [-0.1, -0.05) is 23.2 Å². The molecule has 0 saturated heterocycles. The standard InChI is InChI=1S/C16H17Cl2N5/c1-10-6-11(2)23(22-10)5-3-4-19-16-9-20-14-7-12(17)13(18)8-15(14)21-16/h6-9H,3-5H2,1-2H3,(H,19,21). The second kappa shape index (κ2) is 6.72. The topological polar surface area (TPSA) is 55.6 Å². The molecular formula is C16H17Cl2N5. The molecule has 0 aliphatic rings. The fourth-order valence-electron chi connectivity index (χ4n) is 2.44. The molecule has 1 aromatic carbocycles. The van der Waals surface area contributed by atoms with Crippen LogP contribution >= 0.6 is 23.2 Å². The molecule has 2 heterocycles. The second-order valence-electron chi connectivity index (χ2n) is 5.44. The summed E-state index contributed by atoms with van der Waals surface area (Å²) in [5, 5.41) is 8.69. The summed E-state index contributed by atoms with van der Waals surface area (Å²) in [6.07, 6.45) is 2.65. The Balaban J connectivity index is 1.61. The maximum Gasteiger partial charge on any atom is 0.145 e. The van der Waals surface area contributed by atoms with E-state index in [0.717, 1.165) is 42.1 Å². The van der Waals surface area contributed by atoms with Crippen molar-refractivity contribution in [3.8, 4) is 0 Å². The molecule has 0 saturated carbocycles. The molecule has 1 N–H and O–H groups in total. The van der Waals surface area contributed by atoms with Crippen molar-refractivity contribution in [2.45, 2.75) is 26.8 Å². The lowest BCUT2D eigenvalue weighted by molar-refractivity contribution is 0.573. The molecule has 3 rings (SSSR count). The fraction of sp³-hybridized carbons (Fsp3) is 0.312. The first-order valence-electron chi connectivity index (χ1n) is 7.39. The third-order valence-electron chi connectivity index (χ3n) is 3.54. The number of benzene rings is 1. The first kappa shape index (κ1) is 16.0. The molecule has 0 aliphatic heterocycles. The van der Waals surface area contributed by atoms with Crippen LogP contribution in [0.2, 0.25) is 10.0 Å². The van der Waals surface area contributed by atoms with Crippen molar-refractivity contribution in [2.24, 2.45) is 0 Å². The van der Waals surface area contributed by atoms with E-state index in [0.29, 0.717) is 10.0 Å². The summed E-state index contributed by atoms with van der Waals surface area (Å²) in [7, 11) is 0. The second-order valence-corrected chi connectivity index (χ2v) is 6.26. The quantitative estimate of drug-likeness (QED) is 0.699. The Labute approximate surface area is 144 Å². The number of aryl methyl sites for hydroxylation is 3. The van der Waals surface area contributed by atoms with Gasteiger partial charge in [0.2, 0.25) is 0 Å². The summed E-state index contributed by atoms with van der Waals surface area (Å²) in [6.45, 7) is 5.73. The van der Waals surface area contributed by atoms with E-state index in [1.54, 1.807) is 18.3 Å². The van der Waals surface area contributed by atoms with Crippen LogP contribution in [0.15, 0.2) is 24.4 Å². The van der Waals surface area contributed by atoms with E-state index in [1.165, 1.54) is 5.69 Å². The maximum absolute atomic E-state index is 6.02. The van der Waals surface area contributed by atoms with E-state index < -0.39 is 0 Å². The number of rotatable bonds is 5. The van der Waals surface area contributed by atoms with Crippen LogP contribution in [0, 0.1) is 13.8 Å². The molecule has 120 valence electrons. The largest absolute Gasteiger partial charge is 0.369 e. The molecule has 0 aliphatic carbocycles. The van der Waals surface area contributed by atoms with Crippen molar-refractivity contribution in [1.29, 1.82) is 0 Å². The molecule has 0 amide bonds. The van der Waals surface area contributed by atoms with E-state index in [1.807, 2.05) is 11.6 Å². The molecule has 0 bridgehead atoms. The van der Waals surface area contributed by atoms with Crippen LogP contribution in [0.25, 0.3) is 11.0 Å². The van der Waals surface area contributed by atoms with Gasteiger partial charge in [-0.2, -0.15) is 5.10 Å². The van der Waals surface area contributed by atoms with Crippen LogP contribution in [-0.4, -0.2) is 26.3 Å². The number of aromatic nitrogens is 4. The number of nitrogens with one attached hydrogen (secondary N) is 1. The van der Waals surface area contributed by atoms with Crippen molar-refractivity contribution >= 4 is 40.1 Å². The first-order valence-corrected chi connectivity index (χ1v) is 8.15. The number of hydrogen-bond donors (Lipinski definition) is 1. The average molecular weight is 350 g/mol. The Hall–Kier alpha value is -1.85. The van der Waals surface area contributed by atoms with E-state index in [2.05, 4.69) is 33.4 Å². The van der Waals surface area contributed by atoms with Gasteiger partial charge in [-0.25, -0.2) is 4.98 Å². The minimum atomic E-state index is 0.482. The Morgan fingerprint density at radius 2 is 1.83 bits per heavy atom. The van der Waals surface area contributed by atoms with Gasteiger partial charge in [0, 0.05) is 18.8 Å². The van der Waals surface area contributed by atoms with E-state index in [-0.39, 0.29) is 0 Å². The summed E-state index contributed by atoms with van der Waals surface area (Å²) in [6, 6.07) is 5.53. The highest BCUT2D eigenvalue weighted by Crippen LogP contribution is 2.26. The van der Waals surface area contributed by atoms with Gasteiger partial charge in [0.25, 0.3) is 0 Å². The predicted molar refractivity (Wildman–Crippen MR) is 94.4 cm³/mol. The number of anilines is 1. The molecule has 0 atom stereocenters. The molecule has 3 aromatic rings. The number of halogens is 2. The highest BCUT2D eigenvalue weighted by Gasteiger charge is 2.05. The summed E-state index contributed by atoms with van der Waals surface area (Å²) in [5.41, 5.74) is 3.68. The van der Waals surface area contributed by atoms with Crippen molar-refractivity contribution in [1.82, 2.24) is 19.7 Å². The van der Waals surface area contributed by atoms with Crippen molar-refractivity contribution < 1.29 is 0 Å². The zero-order chi connectivity index (χ0) is 16.4. The first-order chi connectivity index (χ1) is 11.0. The van der Waals surface area contributed by atoms with Gasteiger partial charge in [-0.05, 0) is 38.5 Å². The summed E-state index contributed by atoms with van der Waals surface area (Å²) in [5.74, 6) is 0.726. The SMILES string of the molecule is Cc1cc(C)n(CCCNc2cnc3cc(Cl)c(Cl)cc3n2)n1. The summed E-state index contributed by atoms with van der Waals surface area (Å²) >= 11 is 12.0. The van der Waals surface area contributed by atoms with Crippen LogP contribution in [0.3, 0.4) is 0 Å². The number of fused-ring (bicyclic) bond motifs is 1. The van der Waals surface area contributed by atoms with Gasteiger partial charge < -0.3 is 5.32 Å². The lowest BCUT2D eigenvalue weighted by Crippen LogP contribution is -2.09. The van der Waals surface area contributed by atoms with Gasteiger partial charge in [0.1, 0.15) is 5.82 Å². The zero-order valence-corrected chi connectivity index (χ0v) is 14.5. The van der Waals surface area contributed by atoms with Gasteiger partial charge in [-0.3, -0.25) is 9.67 Å². The van der Waals surface area contributed by atoms with Gasteiger partial charge in [-0.15, -0.1) is 0 Å². The van der Waals surface area contributed by atoms with Crippen molar-refractivity contribution in [2.75, 3.05) is 11.9 Å². The van der Waals surface area contributed by atoms with Crippen LogP contribution in [0.1, 0.15) is 17.8 Å². The molecule has 0 fully saturated rings. The minimum absolute atomic E-state index is 0.482. The molecule has 23 heavy (non-hydrogen) atoms. The zero-order valence-electron chi connectivity index (χ0n) is 13.0. The lowest BCUT2D eigenvalue weighted by atomic mass is 10.3. The molecule has 2 aromatic heterocycles. The van der Waals surface area contributed by atoms with E-state index in [4.69, 9.17) is 23.2 Å². The monoisotopic (exact) mass is 349 g/mol. The third-order valence-corrected chi connectivity index (χ3v) is 4.26. The van der Waals surface area contributed by atoms with Gasteiger partial charge in [0.05, 0.1) is 33.0 Å². The molecule has 0 unspecified atom stereocenters. The molecule has 0 radical (unpaired) electrons. The smallest absolute Gasteiger partial charge is 0.145 e. The molecule has 7 heteroatoms. The Morgan fingerprint density at radius 1 is 1.09 bits per heavy atom. The van der Waals surface area contributed by atoms with Crippen LogP contribution in [0.5, 0.6) is 0 Å². The summed E-state index contributed by atoms with van der Waals surface area (Å²) in [4.78, 5) is 8.86. The average Bonchev–Trinajstić information content (AvgIpc) is 2.83. The Morgan fingerprint density at radius 3 is 2.52 bits per heavy atom. The minimum Gasteiger partial charge on any atom is -0.369 e. The summed E-state index contributed by atoms with van der Waals surface area (Å²) < 4.78 is 2.02. The van der Waals surface area contributed by atoms with Crippen LogP contribution < -0.4 is 5.32 Å². The van der Waals surface area contributed by atoms with E-state index >= 15 is 0 Å².